The Morgan fingerprint density at radius 2 is 2.25 bits per heavy atom. The van der Waals surface area contributed by atoms with E-state index in [2.05, 4.69) is 4.98 Å². The van der Waals surface area contributed by atoms with Gasteiger partial charge in [-0.15, -0.1) is 0 Å². The number of aromatic amines is 1. The third kappa shape index (κ3) is 2.31. The van der Waals surface area contributed by atoms with Gasteiger partial charge in [0.1, 0.15) is 17.8 Å². The molecule has 112 valence electrons. The molecule has 2 rings (SSSR count). The van der Waals surface area contributed by atoms with Crippen LogP contribution in [0.3, 0.4) is 0 Å². The van der Waals surface area contributed by atoms with E-state index in [1.54, 1.807) is 13.8 Å². The molecule has 8 nitrogen and oxygen atoms in total. The third-order valence-corrected chi connectivity index (χ3v) is 3.47. The first kappa shape index (κ1) is 14.9. The van der Waals surface area contributed by atoms with Crippen LogP contribution in [0.5, 0.6) is 0 Å². The highest BCUT2D eigenvalue weighted by atomic mass is 16.6. The maximum Gasteiger partial charge on any atom is 0.330 e. The molecule has 0 aromatic carbocycles. The fourth-order valence-corrected chi connectivity index (χ4v) is 2.45. The predicted molar refractivity (Wildman–Crippen MR) is 68.4 cm³/mol. The van der Waals surface area contributed by atoms with Gasteiger partial charge in [-0.2, -0.15) is 0 Å². The van der Waals surface area contributed by atoms with Gasteiger partial charge in [-0.3, -0.25) is 14.3 Å². The van der Waals surface area contributed by atoms with Crippen LogP contribution in [0.1, 0.15) is 20.1 Å². The van der Waals surface area contributed by atoms with Gasteiger partial charge in [0, 0.05) is 18.9 Å². The summed E-state index contributed by atoms with van der Waals surface area (Å²) in [5.74, 6) is 0. The molecule has 0 spiro atoms. The van der Waals surface area contributed by atoms with Gasteiger partial charge in [0.2, 0.25) is 0 Å². The Balaban J connectivity index is 2.47. The largest absolute Gasteiger partial charge is 0.394 e. The maximum absolute atomic E-state index is 11.8. The zero-order valence-electron chi connectivity index (χ0n) is 11.3. The fourth-order valence-electron chi connectivity index (χ4n) is 2.45. The summed E-state index contributed by atoms with van der Waals surface area (Å²) in [6.45, 7) is 3.23. The zero-order chi connectivity index (χ0) is 14.9. The minimum atomic E-state index is -1.20. The fraction of sp³-hybridized carbons (Fsp3) is 0.667. The van der Waals surface area contributed by atoms with Crippen molar-refractivity contribution in [3.8, 4) is 0 Å². The Labute approximate surface area is 114 Å². The Morgan fingerprint density at radius 1 is 1.55 bits per heavy atom. The number of H-pyrrole nitrogens is 1. The third-order valence-electron chi connectivity index (χ3n) is 3.47. The van der Waals surface area contributed by atoms with E-state index in [4.69, 9.17) is 9.47 Å². The normalized spacial score (nSPS) is 33.5. The number of aliphatic hydroxyl groups is 2. The van der Waals surface area contributed by atoms with Gasteiger partial charge in [0.25, 0.3) is 5.56 Å². The first-order chi connectivity index (χ1) is 9.43. The Kier molecular flexibility index (Phi) is 4.09. The summed E-state index contributed by atoms with van der Waals surface area (Å²) in [7, 11) is 0. The number of hydrogen-bond donors (Lipinski definition) is 3. The molecule has 0 bridgehead atoms. The van der Waals surface area contributed by atoms with Crippen LogP contribution in [0, 0.1) is 0 Å². The predicted octanol–water partition coefficient (Wildman–Crippen LogP) is -1.42. The van der Waals surface area contributed by atoms with Crippen LogP contribution in [0.4, 0.5) is 0 Å². The second-order valence-electron chi connectivity index (χ2n) is 4.79. The van der Waals surface area contributed by atoms with Gasteiger partial charge in [0.05, 0.1) is 6.61 Å². The van der Waals surface area contributed by atoms with Crippen molar-refractivity contribution >= 4 is 0 Å². The van der Waals surface area contributed by atoms with Crippen molar-refractivity contribution in [2.24, 2.45) is 0 Å². The lowest BCUT2D eigenvalue weighted by Crippen LogP contribution is -2.49. The molecule has 0 saturated carbocycles. The molecule has 1 aliphatic rings. The SMILES string of the molecule is CCO[C@@]1(C)C(n2ccc(=O)[nH]c2=O)OC(CO)[C@H]1O. The molecule has 1 aromatic rings. The average molecular weight is 286 g/mol. The second-order valence-corrected chi connectivity index (χ2v) is 4.79. The van der Waals surface area contributed by atoms with Crippen LogP contribution in [0.2, 0.25) is 0 Å². The Bertz CT molecular complexity index is 582. The van der Waals surface area contributed by atoms with Gasteiger partial charge in [-0.05, 0) is 13.8 Å². The average Bonchev–Trinajstić information content (AvgIpc) is 2.63. The van der Waals surface area contributed by atoms with Gasteiger partial charge < -0.3 is 19.7 Å². The maximum atomic E-state index is 11.8. The van der Waals surface area contributed by atoms with E-state index in [1.807, 2.05) is 0 Å². The van der Waals surface area contributed by atoms with Crippen LogP contribution < -0.4 is 11.2 Å². The quantitative estimate of drug-likeness (QED) is 0.626. The summed E-state index contributed by atoms with van der Waals surface area (Å²) >= 11 is 0. The molecule has 20 heavy (non-hydrogen) atoms. The Morgan fingerprint density at radius 3 is 2.80 bits per heavy atom. The smallest absolute Gasteiger partial charge is 0.330 e. The summed E-state index contributed by atoms with van der Waals surface area (Å²) in [5.41, 5.74) is -2.40. The molecular weight excluding hydrogens is 268 g/mol. The van der Waals surface area contributed by atoms with Crippen molar-refractivity contribution in [3.05, 3.63) is 33.1 Å². The summed E-state index contributed by atoms with van der Waals surface area (Å²) < 4.78 is 12.2. The lowest BCUT2D eigenvalue weighted by molar-refractivity contribution is -0.137. The molecule has 1 fully saturated rings. The summed E-state index contributed by atoms with van der Waals surface area (Å²) in [4.78, 5) is 25.1. The molecule has 3 N–H and O–H groups in total. The van der Waals surface area contributed by atoms with Crippen molar-refractivity contribution in [2.75, 3.05) is 13.2 Å². The standard InChI is InChI=1S/C12H18N2O6/c1-3-19-12(2)9(17)7(6-15)20-10(12)14-5-4-8(16)13-11(14)18/h4-5,7,9-10,15,17H,3,6H2,1-2H3,(H,13,16,18)/t7?,9-,10?,12-/m1/s1. The molecule has 0 aliphatic carbocycles. The Hall–Kier alpha value is -1.48. The van der Waals surface area contributed by atoms with Crippen LogP contribution in [0.25, 0.3) is 0 Å². The van der Waals surface area contributed by atoms with E-state index in [9.17, 15) is 19.8 Å². The van der Waals surface area contributed by atoms with Crippen molar-refractivity contribution in [3.63, 3.8) is 0 Å². The lowest BCUT2D eigenvalue weighted by atomic mass is 9.96. The van der Waals surface area contributed by atoms with E-state index < -0.39 is 41.9 Å². The van der Waals surface area contributed by atoms with Crippen molar-refractivity contribution in [1.82, 2.24) is 9.55 Å². The minimum absolute atomic E-state index is 0.295. The molecule has 0 radical (unpaired) electrons. The number of nitrogens with one attached hydrogen (secondary N) is 1. The highest BCUT2D eigenvalue weighted by Crippen LogP contribution is 2.40. The highest BCUT2D eigenvalue weighted by molar-refractivity contribution is 5.02. The van der Waals surface area contributed by atoms with Crippen LogP contribution in [-0.4, -0.2) is 50.8 Å². The number of rotatable bonds is 4. The molecular formula is C12H18N2O6. The van der Waals surface area contributed by atoms with E-state index in [0.29, 0.717) is 6.61 Å². The monoisotopic (exact) mass is 286 g/mol. The van der Waals surface area contributed by atoms with E-state index >= 15 is 0 Å². The molecule has 8 heteroatoms. The summed E-state index contributed by atoms with van der Waals surface area (Å²) in [6.07, 6.45) is -1.64. The van der Waals surface area contributed by atoms with E-state index in [0.717, 1.165) is 4.57 Å². The van der Waals surface area contributed by atoms with Crippen LogP contribution >= 0.6 is 0 Å². The molecule has 1 aromatic heterocycles. The molecule has 0 amide bonds. The van der Waals surface area contributed by atoms with Crippen molar-refractivity contribution in [1.29, 1.82) is 0 Å². The number of aliphatic hydroxyl groups excluding tert-OH is 2. The molecule has 1 saturated heterocycles. The highest BCUT2D eigenvalue weighted by Gasteiger charge is 2.55. The van der Waals surface area contributed by atoms with Gasteiger partial charge in [0.15, 0.2) is 6.23 Å². The van der Waals surface area contributed by atoms with Gasteiger partial charge >= 0.3 is 5.69 Å². The van der Waals surface area contributed by atoms with Gasteiger partial charge in [-0.25, -0.2) is 4.79 Å². The summed E-state index contributed by atoms with van der Waals surface area (Å²) in [5, 5.41) is 19.4. The number of aromatic nitrogens is 2. The second kappa shape index (κ2) is 5.49. The van der Waals surface area contributed by atoms with Gasteiger partial charge in [-0.1, -0.05) is 0 Å². The number of hydrogen-bond acceptors (Lipinski definition) is 6. The van der Waals surface area contributed by atoms with Crippen LogP contribution in [0.15, 0.2) is 21.9 Å². The topological polar surface area (TPSA) is 114 Å². The molecule has 2 heterocycles. The zero-order valence-corrected chi connectivity index (χ0v) is 11.3. The first-order valence-corrected chi connectivity index (χ1v) is 6.33. The van der Waals surface area contributed by atoms with Crippen molar-refractivity contribution in [2.45, 2.75) is 37.9 Å². The molecule has 1 aliphatic heterocycles. The van der Waals surface area contributed by atoms with E-state index in [-0.39, 0.29) is 0 Å². The molecule has 2 unspecified atom stereocenters. The van der Waals surface area contributed by atoms with Crippen LogP contribution in [-0.2, 0) is 9.47 Å². The first-order valence-electron chi connectivity index (χ1n) is 6.33. The number of nitrogens with zero attached hydrogens (tertiary/aromatic N) is 1. The minimum Gasteiger partial charge on any atom is -0.394 e. The van der Waals surface area contributed by atoms with E-state index in [1.165, 1.54) is 12.3 Å². The van der Waals surface area contributed by atoms with Crippen molar-refractivity contribution < 1.29 is 19.7 Å². The lowest BCUT2D eigenvalue weighted by Gasteiger charge is -2.32. The summed E-state index contributed by atoms with van der Waals surface area (Å²) in [6, 6.07) is 1.18. The number of ether oxygens (including phenoxy) is 2. The molecule has 4 atom stereocenters.